The predicted octanol–water partition coefficient (Wildman–Crippen LogP) is 2.40. The number of likely N-dealkylation sites (tertiary alicyclic amines) is 1. The van der Waals surface area contributed by atoms with Gasteiger partial charge in [0.15, 0.2) is 0 Å². The number of hydrogen-bond acceptors (Lipinski definition) is 6. The van der Waals surface area contributed by atoms with Crippen molar-refractivity contribution in [3.05, 3.63) is 47.0 Å². The van der Waals surface area contributed by atoms with Gasteiger partial charge in [-0.05, 0) is 35.3 Å². The van der Waals surface area contributed by atoms with E-state index < -0.39 is 11.6 Å². The fourth-order valence-electron chi connectivity index (χ4n) is 3.74. The topological polar surface area (TPSA) is 75.1 Å². The van der Waals surface area contributed by atoms with Crippen LogP contribution >= 0.6 is 11.5 Å². The second kappa shape index (κ2) is 6.29. The summed E-state index contributed by atoms with van der Waals surface area (Å²) in [7, 11) is 1.64. The summed E-state index contributed by atoms with van der Waals surface area (Å²) in [6.07, 6.45) is 0.877. The van der Waals surface area contributed by atoms with Crippen molar-refractivity contribution in [2.24, 2.45) is 5.92 Å². The van der Waals surface area contributed by atoms with Gasteiger partial charge in [0.2, 0.25) is 0 Å². The molecule has 2 saturated heterocycles. The molecule has 0 aliphatic carbocycles. The molecule has 7 nitrogen and oxygen atoms in total. The van der Waals surface area contributed by atoms with Crippen LogP contribution in [0.5, 0.6) is 5.75 Å². The SMILES string of the molecule is COc1ccc(CN2OCC3CN(C(=O)O)CC32c2ccns2)cc1. The molecule has 3 heterocycles. The van der Waals surface area contributed by atoms with E-state index in [1.807, 2.05) is 35.4 Å². The van der Waals surface area contributed by atoms with E-state index >= 15 is 0 Å². The predicted molar refractivity (Wildman–Crippen MR) is 91.4 cm³/mol. The zero-order valence-electron chi connectivity index (χ0n) is 13.8. The Labute approximate surface area is 149 Å². The van der Waals surface area contributed by atoms with Crippen LogP contribution in [-0.4, -0.2) is 52.3 Å². The molecule has 1 aromatic carbocycles. The summed E-state index contributed by atoms with van der Waals surface area (Å²) in [5.41, 5.74) is 0.610. The van der Waals surface area contributed by atoms with Gasteiger partial charge in [-0.15, -0.1) is 0 Å². The molecule has 8 heteroatoms. The summed E-state index contributed by atoms with van der Waals surface area (Å²) in [6, 6.07) is 9.80. The summed E-state index contributed by atoms with van der Waals surface area (Å²) in [4.78, 5) is 20.0. The molecular weight excluding hydrogens is 342 g/mol. The van der Waals surface area contributed by atoms with Crippen LogP contribution < -0.4 is 4.74 Å². The Kier molecular flexibility index (Phi) is 4.10. The summed E-state index contributed by atoms with van der Waals surface area (Å²) in [5, 5.41) is 11.4. The number of amides is 1. The Bertz CT molecular complexity index is 752. The minimum Gasteiger partial charge on any atom is -0.497 e. The van der Waals surface area contributed by atoms with E-state index in [1.165, 1.54) is 16.4 Å². The van der Waals surface area contributed by atoms with Crippen molar-refractivity contribution >= 4 is 17.6 Å². The molecule has 2 atom stereocenters. The third-order valence-corrected chi connectivity index (χ3v) is 5.96. The lowest BCUT2D eigenvalue weighted by Gasteiger charge is -2.35. The van der Waals surface area contributed by atoms with Crippen molar-refractivity contribution < 1.29 is 19.5 Å². The smallest absolute Gasteiger partial charge is 0.407 e. The van der Waals surface area contributed by atoms with E-state index in [0.29, 0.717) is 26.2 Å². The van der Waals surface area contributed by atoms with E-state index in [1.54, 1.807) is 13.3 Å². The Morgan fingerprint density at radius 2 is 2.24 bits per heavy atom. The molecule has 0 bridgehead atoms. The standard InChI is InChI=1S/C17H19N3O4S/c1-23-14-4-2-12(3-5-14)8-20-17(15-6-7-18-25-15)11-19(16(21)22)9-13(17)10-24-20/h2-7,13H,8-11H2,1H3,(H,21,22). The Balaban J connectivity index is 1.65. The Hall–Kier alpha value is -2.16. The molecule has 1 amide bonds. The summed E-state index contributed by atoms with van der Waals surface area (Å²) < 4.78 is 9.44. The van der Waals surface area contributed by atoms with Crippen LogP contribution in [0.4, 0.5) is 4.79 Å². The first-order chi connectivity index (χ1) is 12.1. The molecule has 2 unspecified atom stereocenters. The Morgan fingerprint density at radius 3 is 2.88 bits per heavy atom. The maximum atomic E-state index is 11.5. The van der Waals surface area contributed by atoms with Gasteiger partial charge in [-0.2, -0.15) is 5.06 Å². The summed E-state index contributed by atoms with van der Waals surface area (Å²) in [5.74, 6) is 0.904. The number of carboxylic acid groups (broad SMARTS) is 1. The first-order valence-electron chi connectivity index (χ1n) is 8.06. The second-order valence-electron chi connectivity index (χ2n) is 6.34. The minimum atomic E-state index is -0.886. The number of ether oxygens (including phenoxy) is 1. The van der Waals surface area contributed by atoms with E-state index in [4.69, 9.17) is 9.57 Å². The van der Waals surface area contributed by atoms with E-state index in [2.05, 4.69) is 4.37 Å². The van der Waals surface area contributed by atoms with E-state index in [9.17, 15) is 9.90 Å². The molecule has 2 aromatic rings. The third-order valence-electron chi connectivity index (χ3n) is 5.04. The van der Waals surface area contributed by atoms with Crippen LogP contribution in [-0.2, 0) is 16.9 Å². The van der Waals surface area contributed by atoms with Gasteiger partial charge in [0, 0.05) is 18.7 Å². The molecule has 132 valence electrons. The number of carbonyl (C=O) groups is 1. The van der Waals surface area contributed by atoms with Crippen molar-refractivity contribution in [2.45, 2.75) is 12.1 Å². The maximum Gasteiger partial charge on any atom is 0.407 e. The zero-order valence-corrected chi connectivity index (χ0v) is 14.6. The number of methoxy groups -OCH3 is 1. The van der Waals surface area contributed by atoms with Gasteiger partial charge in [0.05, 0.1) is 31.7 Å². The lowest BCUT2D eigenvalue weighted by atomic mass is 9.86. The molecule has 0 spiro atoms. The lowest BCUT2D eigenvalue weighted by molar-refractivity contribution is -0.175. The third kappa shape index (κ3) is 2.66. The number of fused-ring (bicyclic) bond motifs is 1. The van der Waals surface area contributed by atoms with Crippen LogP contribution in [0.1, 0.15) is 10.4 Å². The van der Waals surface area contributed by atoms with Crippen LogP contribution in [0.25, 0.3) is 0 Å². The molecule has 2 aliphatic rings. The highest BCUT2D eigenvalue weighted by atomic mass is 32.1. The summed E-state index contributed by atoms with van der Waals surface area (Å²) in [6.45, 7) is 1.96. The molecule has 25 heavy (non-hydrogen) atoms. The van der Waals surface area contributed by atoms with Crippen molar-refractivity contribution in [3.63, 3.8) is 0 Å². The Morgan fingerprint density at radius 1 is 1.44 bits per heavy atom. The molecule has 2 aliphatic heterocycles. The molecule has 1 N–H and O–H groups in total. The van der Waals surface area contributed by atoms with E-state index in [-0.39, 0.29) is 5.92 Å². The van der Waals surface area contributed by atoms with Gasteiger partial charge >= 0.3 is 6.09 Å². The number of nitrogens with zero attached hydrogens (tertiary/aromatic N) is 3. The fourth-order valence-corrected chi connectivity index (χ4v) is 4.59. The average Bonchev–Trinajstić information content (AvgIpc) is 3.31. The number of hydroxylamine groups is 2. The van der Waals surface area contributed by atoms with E-state index in [0.717, 1.165) is 16.2 Å². The molecular formula is C17H19N3O4S. The van der Waals surface area contributed by atoms with Crippen molar-refractivity contribution in [1.82, 2.24) is 14.3 Å². The first kappa shape index (κ1) is 16.3. The fraction of sp³-hybridized carbons (Fsp3) is 0.412. The quantitative estimate of drug-likeness (QED) is 0.901. The van der Waals surface area contributed by atoms with Gasteiger partial charge in [-0.1, -0.05) is 12.1 Å². The molecule has 1 aromatic heterocycles. The second-order valence-corrected chi connectivity index (χ2v) is 7.17. The lowest BCUT2D eigenvalue weighted by Crippen LogP contribution is -2.45. The van der Waals surface area contributed by atoms with Gasteiger partial charge in [0.1, 0.15) is 11.3 Å². The minimum absolute atomic E-state index is 0.0994. The maximum absolute atomic E-state index is 11.5. The number of rotatable bonds is 4. The molecule has 2 fully saturated rings. The van der Waals surface area contributed by atoms with Crippen molar-refractivity contribution in [2.75, 3.05) is 26.8 Å². The largest absolute Gasteiger partial charge is 0.497 e. The first-order valence-corrected chi connectivity index (χ1v) is 8.83. The highest BCUT2D eigenvalue weighted by molar-refractivity contribution is 7.05. The summed E-state index contributed by atoms with van der Waals surface area (Å²) >= 11 is 1.41. The highest BCUT2D eigenvalue weighted by Gasteiger charge is 2.58. The average molecular weight is 361 g/mol. The molecule has 0 saturated carbocycles. The highest BCUT2D eigenvalue weighted by Crippen LogP contribution is 2.48. The normalized spacial score (nSPS) is 26.0. The molecule has 4 rings (SSSR count). The monoisotopic (exact) mass is 361 g/mol. The van der Waals surface area contributed by atoms with Crippen molar-refractivity contribution in [3.8, 4) is 5.75 Å². The molecule has 0 radical (unpaired) electrons. The van der Waals surface area contributed by atoms with Crippen LogP contribution in [0.2, 0.25) is 0 Å². The van der Waals surface area contributed by atoms with Gasteiger partial charge in [0.25, 0.3) is 0 Å². The van der Waals surface area contributed by atoms with Crippen molar-refractivity contribution in [1.29, 1.82) is 0 Å². The van der Waals surface area contributed by atoms with Crippen LogP contribution in [0, 0.1) is 5.92 Å². The zero-order chi connectivity index (χ0) is 17.4. The van der Waals surface area contributed by atoms with Crippen LogP contribution in [0.3, 0.4) is 0 Å². The van der Waals surface area contributed by atoms with Crippen LogP contribution in [0.15, 0.2) is 36.5 Å². The van der Waals surface area contributed by atoms with Gasteiger partial charge in [-0.3, -0.25) is 4.84 Å². The number of benzene rings is 1. The van der Waals surface area contributed by atoms with Gasteiger partial charge in [-0.25, -0.2) is 9.17 Å². The van der Waals surface area contributed by atoms with Gasteiger partial charge < -0.3 is 14.7 Å². The number of hydrogen-bond donors (Lipinski definition) is 1. The number of aromatic nitrogens is 1.